The molecule has 1 aliphatic rings. The minimum absolute atomic E-state index is 0.459. The van der Waals surface area contributed by atoms with Crippen LogP contribution in [-0.4, -0.2) is 17.7 Å². The van der Waals surface area contributed by atoms with E-state index in [1.165, 1.54) is 0 Å². The summed E-state index contributed by atoms with van der Waals surface area (Å²) in [6.45, 7) is 0. The maximum Gasteiger partial charge on any atom is 0.160 e. The molecule has 68 valence electrons. The molecule has 0 aliphatic carbocycles. The number of carbonyl (C=O) groups is 1. The van der Waals surface area contributed by atoms with Gasteiger partial charge >= 0.3 is 0 Å². The van der Waals surface area contributed by atoms with Crippen molar-refractivity contribution in [2.45, 2.75) is 18.8 Å². The summed E-state index contributed by atoms with van der Waals surface area (Å²) >= 11 is 0. The molecule has 0 fully saturated rings. The summed E-state index contributed by atoms with van der Waals surface area (Å²) < 4.78 is 5.05. The molecule has 2 rings (SSSR count). The summed E-state index contributed by atoms with van der Waals surface area (Å²) in [5, 5.41) is 9.28. The fraction of sp³-hybridized carbons (Fsp3) is 0.300. The third kappa shape index (κ3) is 1.48. The Morgan fingerprint density at radius 1 is 1.46 bits per heavy atom. The van der Waals surface area contributed by atoms with Crippen molar-refractivity contribution in [2.24, 2.45) is 0 Å². The van der Waals surface area contributed by atoms with E-state index in [-0.39, 0.29) is 0 Å². The lowest BCUT2D eigenvalue weighted by atomic mass is 9.98. The van der Waals surface area contributed by atoms with Crippen molar-refractivity contribution >= 4 is 6.29 Å². The standard InChI is InChI=1S/C10H10O3/c11-6-9-8-4-2-1-3-7(8)5-10(12)13-9/h1-4,6,9-10,12H,5H2. The summed E-state index contributed by atoms with van der Waals surface area (Å²) in [6, 6.07) is 7.49. The second-order valence-corrected chi connectivity index (χ2v) is 3.05. The maximum absolute atomic E-state index is 10.6. The lowest BCUT2D eigenvalue weighted by molar-refractivity contribution is -0.155. The van der Waals surface area contributed by atoms with E-state index in [0.29, 0.717) is 12.7 Å². The maximum atomic E-state index is 10.6. The van der Waals surface area contributed by atoms with Crippen LogP contribution in [0.3, 0.4) is 0 Å². The average molecular weight is 178 g/mol. The van der Waals surface area contributed by atoms with Gasteiger partial charge in [-0.25, -0.2) is 0 Å². The van der Waals surface area contributed by atoms with Gasteiger partial charge in [-0.1, -0.05) is 24.3 Å². The Morgan fingerprint density at radius 2 is 2.23 bits per heavy atom. The number of carbonyl (C=O) groups excluding carboxylic acids is 1. The molecule has 2 atom stereocenters. The molecule has 3 nitrogen and oxygen atoms in total. The summed E-state index contributed by atoms with van der Waals surface area (Å²) in [7, 11) is 0. The normalized spacial score (nSPS) is 26.5. The monoisotopic (exact) mass is 178 g/mol. The van der Waals surface area contributed by atoms with Gasteiger partial charge < -0.3 is 14.6 Å². The van der Waals surface area contributed by atoms with Gasteiger partial charge in [0.2, 0.25) is 0 Å². The molecule has 2 unspecified atom stereocenters. The first kappa shape index (κ1) is 8.41. The number of ether oxygens (including phenoxy) is 1. The van der Waals surface area contributed by atoms with Gasteiger partial charge in [0.05, 0.1) is 0 Å². The van der Waals surface area contributed by atoms with Crippen LogP contribution in [0.2, 0.25) is 0 Å². The van der Waals surface area contributed by atoms with Crippen molar-refractivity contribution < 1.29 is 14.6 Å². The lowest BCUT2D eigenvalue weighted by Crippen LogP contribution is -2.26. The van der Waals surface area contributed by atoms with E-state index < -0.39 is 12.4 Å². The van der Waals surface area contributed by atoms with Crippen molar-refractivity contribution in [3.8, 4) is 0 Å². The number of hydrogen-bond acceptors (Lipinski definition) is 3. The molecule has 1 aromatic carbocycles. The Bertz CT molecular complexity index is 322. The molecule has 3 heteroatoms. The first-order valence-corrected chi connectivity index (χ1v) is 4.18. The van der Waals surface area contributed by atoms with E-state index >= 15 is 0 Å². The van der Waals surface area contributed by atoms with Crippen LogP contribution in [0.15, 0.2) is 24.3 Å². The van der Waals surface area contributed by atoms with Gasteiger partial charge in [0.15, 0.2) is 12.6 Å². The number of benzene rings is 1. The highest BCUT2D eigenvalue weighted by atomic mass is 16.6. The second-order valence-electron chi connectivity index (χ2n) is 3.05. The minimum atomic E-state index is -0.856. The molecular weight excluding hydrogens is 168 g/mol. The van der Waals surface area contributed by atoms with Gasteiger partial charge in [0.25, 0.3) is 0 Å². The van der Waals surface area contributed by atoms with Gasteiger partial charge in [-0.15, -0.1) is 0 Å². The van der Waals surface area contributed by atoms with Gasteiger partial charge in [0, 0.05) is 6.42 Å². The molecule has 1 heterocycles. The van der Waals surface area contributed by atoms with Crippen LogP contribution >= 0.6 is 0 Å². The zero-order valence-corrected chi connectivity index (χ0v) is 7.01. The number of aliphatic hydroxyl groups excluding tert-OH is 1. The summed E-state index contributed by atoms with van der Waals surface area (Å²) in [4.78, 5) is 10.6. The fourth-order valence-corrected chi connectivity index (χ4v) is 1.58. The van der Waals surface area contributed by atoms with Crippen molar-refractivity contribution in [2.75, 3.05) is 0 Å². The Hall–Kier alpha value is -1.19. The number of fused-ring (bicyclic) bond motifs is 1. The molecule has 13 heavy (non-hydrogen) atoms. The van der Waals surface area contributed by atoms with Gasteiger partial charge in [-0.2, -0.15) is 0 Å². The average Bonchev–Trinajstić information content (AvgIpc) is 2.16. The highest BCUT2D eigenvalue weighted by Gasteiger charge is 2.24. The molecular formula is C10H10O3. The molecule has 0 saturated carbocycles. The third-order valence-corrected chi connectivity index (χ3v) is 2.18. The smallest absolute Gasteiger partial charge is 0.160 e. The summed E-state index contributed by atoms with van der Waals surface area (Å²) in [5.74, 6) is 0. The van der Waals surface area contributed by atoms with Crippen LogP contribution in [0.1, 0.15) is 17.2 Å². The van der Waals surface area contributed by atoms with E-state index in [4.69, 9.17) is 4.74 Å². The summed E-state index contributed by atoms with van der Waals surface area (Å²) in [6.07, 6.45) is -0.299. The number of aldehydes is 1. The van der Waals surface area contributed by atoms with E-state index in [1.54, 1.807) is 0 Å². The number of hydrogen-bond donors (Lipinski definition) is 1. The Morgan fingerprint density at radius 3 is 3.00 bits per heavy atom. The van der Waals surface area contributed by atoms with Crippen molar-refractivity contribution in [3.05, 3.63) is 35.4 Å². The highest BCUT2D eigenvalue weighted by Crippen LogP contribution is 2.27. The number of aliphatic hydroxyl groups is 1. The predicted octanol–water partition coefficient (Wildman–Crippen LogP) is 0.818. The molecule has 1 aliphatic heterocycles. The Kier molecular flexibility index (Phi) is 2.12. The fourth-order valence-electron chi connectivity index (χ4n) is 1.58. The van der Waals surface area contributed by atoms with Crippen LogP contribution in [-0.2, 0) is 16.0 Å². The Labute approximate surface area is 76.0 Å². The minimum Gasteiger partial charge on any atom is -0.368 e. The molecule has 0 spiro atoms. The first-order chi connectivity index (χ1) is 6.31. The van der Waals surface area contributed by atoms with Gasteiger partial charge in [-0.05, 0) is 11.1 Å². The van der Waals surface area contributed by atoms with Crippen molar-refractivity contribution in [3.63, 3.8) is 0 Å². The third-order valence-electron chi connectivity index (χ3n) is 2.18. The molecule has 0 bridgehead atoms. The van der Waals surface area contributed by atoms with Crippen molar-refractivity contribution in [1.82, 2.24) is 0 Å². The zero-order chi connectivity index (χ0) is 9.26. The van der Waals surface area contributed by atoms with Crippen LogP contribution in [0, 0.1) is 0 Å². The van der Waals surface area contributed by atoms with E-state index in [2.05, 4.69) is 0 Å². The number of rotatable bonds is 1. The molecule has 0 amide bonds. The molecule has 0 radical (unpaired) electrons. The highest BCUT2D eigenvalue weighted by molar-refractivity contribution is 5.61. The van der Waals surface area contributed by atoms with Crippen molar-refractivity contribution in [1.29, 1.82) is 0 Å². The molecule has 1 N–H and O–H groups in total. The quantitative estimate of drug-likeness (QED) is 0.647. The first-order valence-electron chi connectivity index (χ1n) is 4.18. The van der Waals surface area contributed by atoms with E-state index in [0.717, 1.165) is 11.1 Å². The van der Waals surface area contributed by atoms with Crippen LogP contribution in [0.4, 0.5) is 0 Å². The molecule has 1 aromatic rings. The van der Waals surface area contributed by atoms with E-state index in [1.807, 2.05) is 24.3 Å². The summed E-state index contributed by atoms with van der Waals surface area (Å²) in [5.41, 5.74) is 1.85. The van der Waals surface area contributed by atoms with Crippen LogP contribution < -0.4 is 0 Å². The second kappa shape index (κ2) is 3.28. The Balaban J connectivity index is 2.42. The van der Waals surface area contributed by atoms with Gasteiger partial charge in [-0.3, -0.25) is 0 Å². The van der Waals surface area contributed by atoms with Gasteiger partial charge in [0.1, 0.15) is 6.10 Å². The predicted molar refractivity (Wildman–Crippen MR) is 46.0 cm³/mol. The molecule has 0 saturated heterocycles. The lowest BCUT2D eigenvalue weighted by Gasteiger charge is -2.25. The topological polar surface area (TPSA) is 46.5 Å². The van der Waals surface area contributed by atoms with E-state index in [9.17, 15) is 9.90 Å². The molecule has 0 aromatic heterocycles. The zero-order valence-electron chi connectivity index (χ0n) is 7.01. The van der Waals surface area contributed by atoms with Crippen LogP contribution in [0.25, 0.3) is 0 Å². The van der Waals surface area contributed by atoms with Crippen LogP contribution in [0.5, 0.6) is 0 Å². The SMILES string of the molecule is O=CC1OC(O)Cc2ccccc21. The largest absolute Gasteiger partial charge is 0.368 e.